The molecule has 1 aromatic rings. The third-order valence-corrected chi connectivity index (χ3v) is 4.66. The Morgan fingerprint density at radius 2 is 2.00 bits per heavy atom. The Bertz CT molecular complexity index is 571. The molecule has 9 nitrogen and oxygen atoms in total. The van der Waals surface area contributed by atoms with Gasteiger partial charge in [0.25, 0.3) is 0 Å². The quantitative estimate of drug-likeness (QED) is 0.685. The zero-order chi connectivity index (χ0) is 17.7. The Morgan fingerprint density at radius 3 is 2.50 bits per heavy atom. The van der Waals surface area contributed by atoms with Crippen LogP contribution in [-0.4, -0.2) is 64.1 Å². The van der Waals surface area contributed by atoms with Gasteiger partial charge in [-0.2, -0.15) is 9.36 Å². The van der Waals surface area contributed by atoms with E-state index in [0.29, 0.717) is 32.6 Å². The summed E-state index contributed by atoms with van der Waals surface area (Å²) in [5.74, 6) is -0.895. The van der Waals surface area contributed by atoms with Crippen molar-refractivity contribution in [2.75, 3.05) is 43.4 Å². The fraction of sp³-hybridized carbons (Fsp3) is 0.714. The van der Waals surface area contributed by atoms with Crippen LogP contribution in [0.5, 0.6) is 0 Å². The molecule has 1 saturated heterocycles. The van der Waals surface area contributed by atoms with Gasteiger partial charge in [-0.15, -0.1) is 0 Å². The maximum atomic E-state index is 12.2. The van der Waals surface area contributed by atoms with E-state index in [1.54, 1.807) is 4.90 Å². The largest absolute Gasteiger partial charge is 0.481 e. The van der Waals surface area contributed by atoms with Crippen LogP contribution < -0.4 is 16.0 Å². The molecule has 1 atom stereocenters. The molecule has 1 aliphatic heterocycles. The van der Waals surface area contributed by atoms with Crippen LogP contribution in [0, 0.1) is 11.8 Å². The first-order valence-electron chi connectivity index (χ1n) is 7.96. The van der Waals surface area contributed by atoms with Crippen LogP contribution in [0.3, 0.4) is 0 Å². The number of carbonyl (C=O) groups is 2. The lowest BCUT2D eigenvalue weighted by atomic mass is 9.97. The molecule has 134 valence electrons. The zero-order valence-electron chi connectivity index (χ0n) is 13.9. The molecule has 0 bridgehead atoms. The van der Waals surface area contributed by atoms with Crippen molar-refractivity contribution >= 4 is 34.6 Å². The molecule has 1 aliphatic rings. The monoisotopic (exact) mass is 356 g/mol. The lowest BCUT2D eigenvalue weighted by molar-refractivity contribution is -0.142. The van der Waals surface area contributed by atoms with Gasteiger partial charge in [0.05, 0.1) is 5.92 Å². The van der Waals surface area contributed by atoms with E-state index in [4.69, 9.17) is 5.73 Å². The number of piperazine rings is 1. The van der Waals surface area contributed by atoms with Crippen LogP contribution in [0.2, 0.25) is 0 Å². The van der Waals surface area contributed by atoms with Crippen molar-refractivity contribution < 1.29 is 14.7 Å². The molecule has 0 radical (unpaired) electrons. The Labute approximate surface area is 145 Å². The van der Waals surface area contributed by atoms with E-state index < -0.39 is 11.9 Å². The molecule has 0 aliphatic carbocycles. The number of amides is 2. The fourth-order valence-electron chi connectivity index (χ4n) is 2.62. The SMILES string of the molecule is CC(C)CC(CNC(=O)N1CCN(c2nc(N)ns2)CC1)C(=O)O. The highest BCUT2D eigenvalue weighted by atomic mass is 32.1. The van der Waals surface area contributed by atoms with Gasteiger partial charge in [0.1, 0.15) is 0 Å². The Kier molecular flexibility index (Phi) is 6.18. The number of nitrogens with one attached hydrogen (secondary N) is 1. The van der Waals surface area contributed by atoms with Crippen molar-refractivity contribution in [2.24, 2.45) is 11.8 Å². The van der Waals surface area contributed by atoms with Crippen LogP contribution >= 0.6 is 11.5 Å². The van der Waals surface area contributed by atoms with Crippen LogP contribution in [0.1, 0.15) is 20.3 Å². The van der Waals surface area contributed by atoms with E-state index in [1.807, 2.05) is 18.7 Å². The number of carbonyl (C=O) groups excluding carboxylic acids is 1. The molecule has 2 heterocycles. The number of aromatic nitrogens is 2. The predicted octanol–water partition coefficient (Wildman–Crippen LogP) is 0.699. The minimum atomic E-state index is -0.873. The molecule has 4 N–H and O–H groups in total. The highest BCUT2D eigenvalue weighted by molar-refractivity contribution is 7.09. The maximum Gasteiger partial charge on any atom is 0.317 e. The number of hydrogen-bond donors (Lipinski definition) is 3. The average molecular weight is 356 g/mol. The molecule has 2 amide bonds. The number of nitrogens with two attached hydrogens (primary N) is 1. The minimum absolute atomic E-state index is 0.152. The summed E-state index contributed by atoms with van der Waals surface area (Å²) in [4.78, 5) is 31.3. The molecule has 0 saturated carbocycles. The van der Waals surface area contributed by atoms with Crippen molar-refractivity contribution in [3.8, 4) is 0 Å². The summed E-state index contributed by atoms with van der Waals surface area (Å²) in [6, 6.07) is -0.221. The lowest BCUT2D eigenvalue weighted by Gasteiger charge is -2.34. The number of carboxylic acid groups (broad SMARTS) is 1. The zero-order valence-corrected chi connectivity index (χ0v) is 14.8. The summed E-state index contributed by atoms with van der Waals surface area (Å²) in [5, 5.41) is 12.7. The van der Waals surface area contributed by atoms with Gasteiger partial charge in [-0.3, -0.25) is 4.79 Å². The lowest BCUT2D eigenvalue weighted by Crippen LogP contribution is -2.52. The second-order valence-corrected chi connectivity index (χ2v) is 6.99. The number of rotatable bonds is 6. The fourth-order valence-corrected chi connectivity index (χ4v) is 3.27. The number of urea groups is 1. The summed E-state index contributed by atoms with van der Waals surface area (Å²) in [6.07, 6.45) is 0.544. The highest BCUT2D eigenvalue weighted by Crippen LogP contribution is 2.19. The molecule has 1 fully saturated rings. The van der Waals surface area contributed by atoms with Gasteiger partial charge in [-0.05, 0) is 12.3 Å². The van der Waals surface area contributed by atoms with Crippen LogP contribution in [0.15, 0.2) is 0 Å². The summed E-state index contributed by atoms with van der Waals surface area (Å²) in [6.45, 7) is 6.49. The van der Waals surface area contributed by atoms with Gasteiger partial charge in [-0.1, -0.05) is 13.8 Å². The summed E-state index contributed by atoms with van der Waals surface area (Å²) in [7, 11) is 0. The standard InChI is InChI=1S/C14H24N6O3S/c1-9(2)7-10(11(21)22)8-16-13(23)19-3-5-20(6-4-19)14-17-12(15)18-24-14/h9-10H,3-8H2,1-2H3,(H2,15,18)(H,16,23)(H,21,22). The number of hydrogen-bond acceptors (Lipinski definition) is 7. The van der Waals surface area contributed by atoms with Gasteiger partial charge in [0.15, 0.2) is 0 Å². The Morgan fingerprint density at radius 1 is 1.33 bits per heavy atom. The average Bonchev–Trinajstić information content (AvgIpc) is 2.97. The number of nitrogens with zero attached hydrogens (tertiary/aromatic N) is 4. The molecule has 0 spiro atoms. The van der Waals surface area contributed by atoms with Gasteiger partial charge >= 0.3 is 12.0 Å². The van der Waals surface area contributed by atoms with Crippen molar-refractivity contribution in [2.45, 2.75) is 20.3 Å². The highest BCUT2D eigenvalue weighted by Gasteiger charge is 2.25. The van der Waals surface area contributed by atoms with E-state index in [1.165, 1.54) is 11.5 Å². The third-order valence-electron chi connectivity index (χ3n) is 3.87. The summed E-state index contributed by atoms with van der Waals surface area (Å²) < 4.78 is 3.95. The van der Waals surface area contributed by atoms with Crippen molar-refractivity contribution in [1.29, 1.82) is 0 Å². The predicted molar refractivity (Wildman–Crippen MR) is 92.1 cm³/mol. The van der Waals surface area contributed by atoms with Crippen LogP contribution in [0.4, 0.5) is 15.9 Å². The van der Waals surface area contributed by atoms with E-state index >= 15 is 0 Å². The number of anilines is 2. The van der Waals surface area contributed by atoms with E-state index in [-0.39, 0.29) is 24.4 Å². The second kappa shape index (κ2) is 8.13. The van der Waals surface area contributed by atoms with E-state index in [0.717, 1.165) is 5.13 Å². The molecule has 24 heavy (non-hydrogen) atoms. The first-order valence-corrected chi connectivity index (χ1v) is 8.74. The number of nitrogen functional groups attached to an aromatic ring is 1. The van der Waals surface area contributed by atoms with Crippen molar-refractivity contribution in [1.82, 2.24) is 19.6 Å². The second-order valence-electron chi connectivity index (χ2n) is 6.26. The number of aliphatic carboxylic acids is 1. The maximum absolute atomic E-state index is 12.2. The van der Waals surface area contributed by atoms with Gasteiger partial charge in [0.2, 0.25) is 11.1 Å². The van der Waals surface area contributed by atoms with Gasteiger partial charge in [-0.25, -0.2) is 4.79 Å². The minimum Gasteiger partial charge on any atom is -0.481 e. The van der Waals surface area contributed by atoms with E-state index in [9.17, 15) is 14.7 Å². The van der Waals surface area contributed by atoms with Crippen LogP contribution in [-0.2, 0) is 4.79 Å². The van der Waals surface area contributed by atoms with Crippen molar-refractivity contribution in [3.05, 3.63) is 0 Å². The summed E-state index contributed by atoms with van der Waals surface area (Å²) >= 11 is 1.24. The Hall–Kier alpha value is -2.10. The molecule has 2 rings (SSSR count). The normalized spacial score (nSPS) is 16.3. The molecular weight excluding hydrogens is 332 g/mol. The smallest absolute Gasteiger partial charge is 0.317 e. The van der Waals surface area contributed by atoms with Gasteiger partial charge < -0.3 is 26.0 Å². The Balaban J connectivity index is 1.79. The third kappa shape index (κ3) is 4.95. The first kappa shape index (κ1) is 18.2. The molecular formula is C14H24N6O3S. The topological polar surface area (TPSA) is 125 Å². The van der Waals surface area contributed by atoms with Crippen molar-refractivity contribution in [3.63, 3.8) is 0 Å². The number of carboxylic acids is 1. The molecule has 10 heteroatoms. The first-order chi connectivity index (χ1) is 11.4. The van der Waals surface area contributed by atoms with Gasteiger partial charge in [0, 0.05) is 44.3 Å². The van der Waals surface area contributed by atoms with E-state index in [2.05, 4.69) is 14.7 Å². The summed E-state index contributed by atoms with van der Waals surface area (Å²) in [5.41, 5.74) is 5.53. The molecule has 1 unspecified atom stereocenters. The van der Waals surface area contributed by atoms with Crippen LogP contribution in [0.25, 0.3) is 0 Å². The molecule has 1 aromatic heterocycles. The molecule has 0 aromatic carbocycles.